The Kier molecular flexibility index (Phi) is 36.1. The molecular weight excluding hydrogens is 1210 g/mol. The molecule has 0 nitrogen and oxygen atoms in total. The van der Waals surface area contributed by atoms with Crippen LogP contribution in [0.5, 0.6) is 0 Å². The van der Waals surface area contributed by atoms with Crippen molar-refractivity contribution in [1.29, 1.82) is 0 Å². The summed E-state index contributed by atoms with van der Waals surface area (Å²) in [5.41, 5.74) is 0. The smallest absolute Gasteiger partial charge is 0.184 e. The van der Waals surface area contributed by atoms with Crippen molar-refractivity contribution in [2.45, 2.75) is 207 Å². The fraction of sp³-hybridized carbons (Fsp3) is 0.586. The van der Waals surface area contributed by atoms with Gasteiger partial charge in [-0.1, -0.05) is 0 Å². The molecule has 0 heterocycles. The van der Waals surface area contributed by atoms with Crippen LogP contribution in [0.3, 0.4) is 0 Å². The van der Waals surface area contributed by atoms with Crippen molar-refractivity contribution in [3.05, 3.63) is 146 Å². The molecule has 64 heavy (non-hydrogen) atoms. The standard InChI is InChI=1S/2C17H38P2.4C6H5.2Pt/c2*1-14(2,3)18(15(4,5)6)13-19(16(7,8)9)17(10,11)12;4*1-2-4-6-5-3-1;;/h2*13H2,1-12H3;4*1-5H;;/q;;4*-1;2*+2/p+4. The van der Waals surface area contributed by atoms with E-state index in [2.05, 4.69) is 190 Å². The molecule has 0 atom stereocenters. The van der Waals surface area contributed by atoms with Gasteiger partial charge in [-0.05, 0) is 166 Å². The minimum Gasteiger partial charge on any atom is -0.184 e. The van der Waals surface area contributed by atoms with Gasteiger partial charge in [-0.2, -0.15) is 146 Å². The molecule has 0 saturated heterocycles. The van der Waals surface area contributed by atoms with Crippen LogP contribution >= 0.6 is 31.7 Å². The van der Waals surface area contributed by atoms with E-state index in [-0.39, 0.29) is 42.1 Å². The molecule has 4 rings (SSSR count). The molecule has 0 bridgehead atoms. The first-order valence-electron chi connectivity index (χ1n) is 23.1. The summed E-state index contributed by atoms with van der Waals surface area (Å²) in [4.78, 5) is 0. The van der Waals surface area contributed by atoms with Crippen LogP contribution in [0.2, 0.25) is 0 Å². The molecule has 0 radical (unpaired) electrons. The molecule has 0 amide bonds. The monoisotopic (exact) mass is 1310 g/mol. The molecule has 4 aromatic rings. The molecule has 0 spiro atoms. The zero-order chi connectivity index (χ0) is 48.7. The van der Waals surface area contributed by atoms with Crippen molar-refractivity contribution in [3.8, 4) is 0 Å². The fourth-order valence-electron chi connectivity index (χ4n) is 8.34. The van der Waals surface area contributed by atoms with E-state index in [1.165, 1.54) is 11.8 Å². The second-order valence-corrected chi connectivity index (χ2v) is 43.2. The molecule has 0 aliphatic rings. The molecule has 6 heteroatoms. The van der Waals surface area contributed by atoms with Gasteiger partial charge in [0.1, 0.15) is 0 Å². The average Bonchev–Trinajstić information content (AvgIpc) is 3.12. The van der Waals surface area contributed by atoms with Gasteiger partial charge in [0.05, 0.1) is 41.2 Å². The SMILES string of the molecule is CC(C)(C)[PH+](C[PH+](C(C)(C)C)C(C)(C)C)C(C)(C)C.CC(C)(C)[PH+](C[PH+](C(C)(C)C)C(C)(C)C)C(C)(C)C.[Pt+2].[Pt+2].[c-]1ccccc1.[c-]1ccccc1.[c-]1ccccc1.[c-]1ccccc1. The van der Waals surface area contributed by atoms with Gasteiger partial charge in [-0.15, -0.1) is 0 Å². The number of hydrogen-bond donors (Lipinski definition) is 0. The van der Waals surface area contributed by atoms with Gasteiger partial charge in [-0.25, -0.2) is 0 Å². The first-order valence-corrected chi connectivity index (χ1v) is 29.9. The van der Waals surface area contributed by atoms with Gasteiger partial charge >= 0.3 is 42.1 Å². The molecule has 4 aromatic carbocycles. The van der Waals surface area contributed by atoms with Crippen LogP contribution in [-0.2, 0) is 42.1 Å². The van der Waals surface area contributed by atoms with Crippen LogP contribution in [0.4, 0.5) is 0 Å². The van der Waals surface area contributed by atoms with Crippen LogP contribution in [0.15, 0.2) is 121 Å². The molecule has 0 fully saturated rings. The zero-order valence-electron chi connectivity index (χ0n) is 45.6. The van der Waals surface area contributed by atoms with Gasteiger partial charge in [0.15, 0.2) is 11.8 Å². The maximum atomic E-state index is 2.89. The third-order valence-corrected chi connectivity index (χ3v) is 30.5. The summed E-state index contributed by atoms with van der Waals surface area (Å²) in [5.74, 6) is 3.05. The normalized spacial score (nSPS) is 12.2. The molecule has 0 aromatic heterocycles. The Morgan fingerprint density at radius 2 is 0.328 bits per heavy atom. The van der Waals surface area contributed by atoms with E-state index in [0.717, 1.165) is 0 Å². The van der Waals surface area contributed by atoms with E-state index in [9.17, 15) is 0 Å². The Morgan fingerprint density at radius 3 is 0.375 bits per heavy atom. The average molecular weight is 1310 g/mol. The molecule has 0 aliphatic carbocycles. The Bertz CT molecular complexity index is 1180. The van der Waals surface area contributed by atoms with Crippen LogP contribution in [0, 0.1) is 24.3 Å². The Hall–Kier alpha value is -0.0234. The Balaban J connectivity index is -0.000000364. The zero-order valence-corrected chi connectivity index (χ0v) is 54.1. The quantitative estimate of drug-likeness (QED) is 0.141. The van der Waals surface area contributed by atoms with Crippen molar-refractivity contribution in [3.63, 3.8) is 0 Å². The number of hydrogen-bond acceptors (Lipinski definition) is 0. The van der Waals surface area contributed by atoms with Crippen molar-refractivity contribution >= 4 is 31.7 Å². The molecule has 0 N–H and O–H groups in total. The van der Waals surface area contributed by atoms with Crippen molar-refractivity contribution in [2.24, 2.45) is 0 Å². The first-order chi connectivity index (χ1) is 27.9. The van der Waals surface area contributed by atoms with E-state index < -0.39 is 31.7 Å². The minimum atomic E-state index is -0.394. The van der Waals surface area contributed by atoms with E-state index in [1.807, 2.05) is 121 Å². The third kappa shape index (κ3) is 36.0. The summed E-state index contributed by atoms with van der Waals surface area (Å²) in [6.45, 7) is 59.3. The van der Waals surface area contributed by atoms with Gasteiger partial charge in [-0.3, -0.25) is 0 Å². The van der Waals surface area contributed by atoms with Crippen LogP contribution in [-0.4, -0.2) is 53.1 Å². The fourth-order valence-corrected chi connectivity index (χ4v) is 37.1. The number of benzene rings is 4. The van der Waals surface area contributed by atoms with E-state index in [0.29, 0.717) is 41.2 Å². The predicted octanol–water partition coefficient (Wildman–Crippen LogP) is 19.1. The summed E-state index contributed by atoms with van der Waals surface area (Å²) in [6.07, 6.45) is 0. The topological polar surface area (TPSA) is 0 Å². The molecule has 0 aliphatic heterocycles. The molecule has 368 valence electrons. The van der Waals surface area contributed by atoms with Gasteiger partial charge in [0.25, 0.3) is 0 Å². The maximum absolute atomic E-state index is 2.89. The maximum Gasteiger partial charge on any atom is 2.00 e. The van der Waals surface area contributed by atoms with Crippen molar-refractivity contribution < 1.29 is 42.1 Å². The Labute approximate surface area is 435 Å². The summed E-state index contributed by atoms with van der Waals surface area (Å²) in [6, 6.07) is 50.0. The van der Waals surface area contributed by atoms with E-state index >= 15 is 0 Å². The Morgan fingerprint density at radius 1 is 0.219 bits per heavy atom. The van der Waals surface area contributed by atoms with Crippen molar-refractivity contribution in [1.82, 2.24) is 0 Å². The second-order valence-electron chi connectivity index (χ2n) is 24.6. The van der Waals surface area contributed by atoms with Crippen LogP contribution < -0.4 is 0 Å². The van der Waals surface area contributed by atoms with Crippen LogP contribution in [0.1, 0.15) is 166 Å². The van der Waals surface area contributed by atoms with E-state index in [1.54, 1.807) is 0 Å². The van der Waals surface area contributed by atoms with Crippen molar-refractivity contribution in [2.75, 3.05) is 11.8 Å². The number of rotatable bonds is 4. The third-order valence-electron chi connectivity index (χ3n) is 10.4. The van der Waals surface area contributed by atoms with Gasteiger partial charge in [0.2, 0.25) is 0 Å². The van der Waals surface area contributed by atoms with E-state index in [4.69, 9.17) is 0 Å². The summed E-state index contributed by atoms with van der Waals surface area (Å²) in [5, 5.41) is 3.96. The van der Waals surface area contributed by atoms with Gasteiger partial charge in [0, 0.05) is 31.7 Å². The largest absolute Gasteiger partial charge is 2.00 e. The summed E-state index contributed by atoms with van der Waals surface area (Å²) >= 11 is 0. The molecule has 0 saturated carbocycles. The second kappa shape index (κ2) is 32.7. The van der Waals surface area contributed by atoms with Gasteiger partial charge < -0.3 is 0 Å². The summed E-state index contributed by atoms with van der Waals surface area (Å²) in [7, 11) is -1.58. The molecule has 0 unspecified atom stereocenters. The summed E-state index contributed by atoms with van der Waals surface area (Å²) < 4.78 is 0. The molecular formula is C58H100P4Pt2+4. The minimum absolute atomic E-state index is 0. The predicted molar refractivity (Wildman–Crippen MR) is 302 cm³/mol. The van der Waals surface area contributed by atoms with Crippen LogP contribution in [0.25, 0.3) is 0 Å². The first kappa shape index (κ1) is 70.5.